The van der Waals surface area contributed by atoms with E-state index in [0.29, 0.717) is 12.1 Å². The van der Waals surface area contributed by atoms with Crippen molar-refractivity contribution in [3.05, 3.63) is 22.8 Å². The van der Waals surface area contributed by atoms with Crippen LogP contribution in [0.3, 0.4) is 0 Å². The van der Waals surface area contributed by atoms with E-state index in [-0.39, 0.29) is 0 Å². The Morgan fingerprint density at radius 3 is 3.00 bits per heavy atom. The number of hydrogen-bond acceptors (Lipinski definition) is 4. The minimum atomic E-state index is 0.589. The van der Waals surface area contributed by atoms with Gasteiger partial charge in [-0.15, -0.1) is 5.10 Å². The average molecular weight is 336 g/mol. The molecule has 1 N–H and O–H groups in total. The second-order valence-corrected chi connectivity index (χ2v) is 6.57. The molecule has 2 aliphatic rings. The van der Waals surface area contributed by atoms with Crippen LogP contribution in [0.1, 0.15) is 25.7 Å². The molecular weight excluding hydrogens is 318 g/mol. The maximum absolute atomic E-state index is 4.72. The van der Waals surface area contributed by atoms with Gasteiger partial charge in [0.2, 0.25) is 5.95 Å². The highest BCUT2D eigenvalue weighted by Crippen LogP contribution is 2.31. The van der Waals surface area contributed by atoms with Crippen LogP contribution in [0.5, 0.6) is 0 Å². The first-order chi connectivity index (χ1) is 9.81. The van der Waals surface area contributed by atoms with Gasteiger partial charge in [-0.2, -0.15) is 4.98 Å². The third kappa shape index (κ3) is 2.31. The molecule has 2 aromatic heterocycles. The Balaban J connectivity index is 1.65. The van der Waals surface area contributed by atoms with Crippen LogP contribution in [0.2, 0.25) is 0 Å². The molecule has 4 rings (SSSR count). The van der Waals surface area contributed by atoms with E-state index in [9.17, 15) is 0 Å². The van der Waals surface area contributed by atoms with E-state index in [1.807, 2.05) is 22.8 Å². The molecule has 1 aliphatic carbocycles. The van der Waals surface area contributed by atoms with Crippen molar-refractivity contribution in [3.8, 4) is 0 Å². The number of fused-ring (bicyclic) bond motifs is 1. The molecule has 0 amide bonds. The van der Waals surface area contributed by atoms with E-state index in [4.69, 9.17) is 4.98 Å². The average Bonchev–Trinajstić information content (AvgIpc) is 2.99. The highest BCUT2D eigenvalue weighted by molar-refractivity contribution is 9.10. The Labute approximate surface area is 126 Å². The van der Waals surface area contributed by atoms with Gasteiger partial charge in [-0.05, 0) is 60.3 Å². The number of anilines is 1. The number of pyridine rings is 1. The quantitative estimate of drug-likeness (QED) is 0.930. The molecular formula is C14H18BrN5. The van der Waals surface area contributed by atoms with Gasteiger partial charge in [-0.3, -0.25) is 0 Å². The summed E-state index contributed by atoms with van der Waals surface area (Å²) >= 11 is 3.55. The summed E-state index contributed by atoms with van der Waals surface area (Å²) in [6, 6.07) is 5.21. The lowest BCUT2D eigenvalue weighted by atomic mass is 10.2. The Bertz CT molecular complexity index is 615. The Morgan fingerprint density at radius 2 is 2.30 bits per heavy atom. The number of halogens is 1. The largest absolute Gasteiger partial charge is 0.335 e. The zero-order valence-electron chi connectivity index (χ0n) is 11.3. The van der Waals surface area contributed by atoms with Crippen LogP contribution < -0.4 is 10.2 Å². The van der Waals surface area contributed by atoms with Crippen LogP contribution in [0, 0.1) is 0 Å². The second kappa shape index (κ2) is 5.00. The lowest BCUT2D eigenvalue weighted by Gasteiger charge is -2.24. The fourth-order valence-corrected chi connectivity index (χ4v) is 3.34. The summed E-state index contributed by atoms with van der Waals surface area (Å²) in [7, 11) is 0. The number of nitrogens with one attached hydrogen (secondary N) is 1. The first-order valence-electron chi connectivity index (χ1n) is 7.32. The predicted molar refractivity (Wildman–Crippen MR) is 82.1 cm³/mol. The van der Waals surface area contributed by atoms with Gasteiger partial charge in [0.25, 0.3) is 0 Å². The van der Waals surface area contributed by atoms with Crippen molar-refractivity contribution in [1.82, 2.24) is 19.9 Å². The Kier molecular flexibility index (Phi) is 3.15. The molecule has 2 aromatic rings. The van der Waals surface area contributed by atoms with Gasteiger partial charge in [0.05, 0.1) is 4.47 Å². The van der Waals surface area contributed by atoms with Gasteiger partial charge in [0, 0.05) is 24.8 Å². The molecule has 0 bridgehead atoms. The van der Waals surface area contributed by atoms with Crippen molar-refractivity contribution in [3.63, 3.8) is 0 Å². The molecule has 1 saturated heterocycles. The molecule has 1 aliphatic heterocycles. The lowest BCUT2D eigenvalue weighted by molar-refractivity contribution is 0.571. The Morgan fingerprint density at radius 1 is 1.40 bits per heavy atom. The second-order valence-electron chi connectivity index (χ2n) is 5.71. The molecule has 0 aromatic carbocycles. The van der Waals surface area contributed by atoms with E-state index < -0.39 is 0 Å². The van der Waals surface area contributed by atoms with Crippen LogP contribution in [0.15, 0.2) is 22.8 Å². The molecule has 0 radical (unpaired) electrons. The van der Waals surface area contributed by atoms with Crippen LogP contribution in [-0.4, -0.2) is 39.8 Å². The molecule has 6 heteroatoms. The summed E-state index contributed by atoms with van der Waals surface area (Å²) in [4.78, 5) is 7.11. The maximum atomic E-state index is 4.72. The van der Waals surface area contributed by atoms with Gasteiger partial charge in [-0.25, -0.2) is 4.52 Å². The first kappa shape index (κ1) is 12.6. The summed E-state index contributed by atoms with van der Waals surface area (Å²) in [6.07, 6.45) is 7.04. The lowest BCUT2D eigenvalue weighted by Crippen LogP contribution is -2.39. The number of hydrogen-bond donors (Lipinski definition) is 1. The van der Waals surface area contributed by atoms with E-state index in [2.05, 4.69) is 31.2 Å². The smallest absolute Gasteiger partial charge is 0.246 e. The predicted octanol–water partition coefficient (Wildman–Crippen LogP) is 2.21. The van der Waals surface area contributed by atoms with Gasteiger partial charge < -0.3 is 10.2 Å². The van der Waals surface area contributed by atoms with E-state index in [1.54, 1.807) is 0 Å². The summed E-state index contributed by atoms with van der Waals surface area (Å²) < 4.78 is 2.85. The summed E-state index contributed by atoms with van der Waals surface area (Å²) in [5.74, 6) is 0.869. The molecule has 5 nitrogen and oxygen atoms in total. The van der Waals surface area contributed by atoms with Gasteiger partial charge >= 0.3 is 0 Å². The summed E-state index contributed by atoms with van der Waals surface area (Å²) in [6.45, 7) is 2.17. The monoisotopic (exact) mass is 335 g/mol. The highest BCUT2D eigenvalue weighted by Gasteiger charge is 2.33. The highest BCUT2D eigenvalue weighted by atomic mass is 79.9. The topological polar surface area (TPSA) is 45.5 Å². The van der Waals surface area contributed by atoms with E-state index in [0.717, 1.165) is 29.2 Å². The van der Waals surface area contributed by atoms with Crippen molar-refractivity contribution in [1.29, 1.82) is 0 Å². The SMILES string of the molecule is Brc1cccn2nc(N(CC3CCCN3)C3CC3)nc12. The zero-order valence-corrected chi connectivity index (χ0v) is 12.9. The van der Waals surface area contributed by atoms with Crippen molar-refractivity contribution < 1.29 is 0 Å². The third-order valence-corrected chi connectivity index (χ3v) is 4.75. The van der Waals surface area contributed by atoms with Crippen LogP contribution in [0.25, 0.3) is 5.65 Å². The van der Waals surface area contributed by atoms with Crippen molar-refractivity contribution in [2.45, 2.75) is 37.8 Å². The molecule has 1 unspecified atom stereocenters. The molecule has 3 heterocycles. The molecule has 1 saturated carbocycles. The normalized spacial score (nSPS) is 22.6. The van der Waals surface area contributed by atoms with Crippen molar-refractivity contribution >= 4 is 27.5 Å². The minimum absolute atomic E-state index is 0.589. The Hall–Kier alpha value is -1.14. The summed E-state index contributed by atoms with van der Waals surface area (Å²) in [5.41, 5.74) is 0.896. The molecule has 106 valence electrons. The molecule has 0 spiro atoms. The number of nitrogens with zero attached hydrogens (tertiary/aromatic N) is 4. The zero-order chi connectivity index (χ0) is 13.5. The van der Waals surface area contributed by atoms with Gasteiger partial charge in [0.1, 0.15) is 0 Å². The van der Waals surface area contributed by atoms with Crippen LogP contribution in [-0.2, 0) is 0 Å². The number of rotatable bonds is 4. The minimum Gasteiger partial charge on any atom is -0.335 e. The maximum Gasteiger partial charge on any atom is 0.246 e. The van der Waals surface area contributed by atoms with E-state index in [1.165, 1.54) is 25.7 Å². The molecule has 1 atom stereocenters. The molecule has 2 fully saturated rings. The van der Waals surface area contributed by atoms with Gasteiger partial charge in [0.15, 0.2) is 5.65 Å². The molecule has 20 heavy (non-hydrogen) atoms. The van der Waals surface area contributed by atoms with Crippen LogP contribution in [0.4, 0.5) is 5.95 Å². The van der Waals surface area contributed by atoms with Crippen molar-refractivity contribution in [2.24, 2.45) is 0 Å². The van der Waals surface area contributed by atoms with Gasteiger partial charge in [-0.1, -0.05) is 0 Å². The van der Waals surface area contributed by atoms with E-state index >= 15 is 0 Å². The first-order valence-corrected chi connectivity index (χ1v) is 8.11. The fraction of sp³-hybridized carbons (Fsp3) is 0.571. The summed E-state index contributed by atoms with van der Waals surface area (Å²) in [5, 5.41) is 8.22. The standard InChI is InChI=1S/C14H18BrN5/c15-12-4-2-8-20-13(12)17-14(18-20)19(11-5-6-11)9-10-3-1-7-16-10/h2,4,8,10-11,16H,1,3,5-7,9H2. The van der Waals surface area contributed by atoms with Crippen molar-refractivity contribution in [2.75, 3.05) is 18.0 Å². The van der Waals surface area contributed by atoms with Crippen LogP contribution >= 0.6 is 15.9 Å². The number of aromatic nitrogens is 3. The fourth-order valence-electron chi connectivity index (χ4n) is 2.91. The third-order valence-electron chi connectivity index (χ3n) is 4.13.